The van der Waals surface area contributed by atoms with Crippen LogP contribution in [0.4, 0.5) is 0 Å². The van der Waals surface area contributed by atoms with Crippen LogP contribution in [0, 0.1) is 0 Å². The Labute approximate surface area is 85.3 Å². The summed E-state index contributed by atoms with van der Waals surface area (Å²) in [6.07, 6.45) is 3.79. The van der Waals surface area contributed by atoms with Gasteiger partial charge in [0.1, 0.15) is 0 Å². The molecule has 2 heterocycles. The zero-order valence-electron chi connectivity index (χ0n) is 8.65. The second-order valence-electron chi connectivity index (χ2n) is 4.09. The summed E-state index contributed by atoms with van der Waals surface area (Å²) >= 11 is 0. The molecule has 0 spiro atoms. The van der Waals surface area contributed by atoms with Crippen LogP contribution in [0.25, 0.3) is 0 Å². The van der Waals surface area contributed by atoms with Gasteiger partial charge in [-0.3, -0.25) is 0 Å². The largest absolute Gasteiger partial charge is 0.350 e. The van der Waals surface area contributed by atoms with Crippen molar-refractivity contribution in [1.82, 2.24) is 4.90 Å². The first-order valence-corrected chi connectivity index (χ1v) is 5.58. The van der Waals surface area contributed by atoms with Gasteiger partial charge in [-0.25, -0.2) is 0 Å². The van der Waals surface area contributed by atoms with Crippen LogP contribution in [-0.2, 0) is 9.47 Å². The maximum Gasteiger partial charge on any atom is 0.159 e. The fraction of sp³-hybridized carbons (Fsp3) is 1.00. The van der Waals surface area contributed by atoms with Crippen LogP contribution in [0.2, 0.25) is 0 Å². The second kappa shape index (κ2) is 5.07. The summed E-state index contributed by atoms with van der Waals surface area (Å²) in [7, 11) is 0. The van der Waals surface area contributed by atoms with Gasteiger partial charge >= 0.3 is 0 Å². The van der Waals surface area contributed by atoms with E-state index in [1.807, 2.05) is 0 Å². The average molecular weight is 200 g/mol. The molecule has 2 N–H and O–H groups in total. The minimum Gasteiger partial charge on any atom is -0.350 e. The van der Waals surface area contributed by atoms with Crippen molar-refractivity contribution in [3.8, 4) is 0 Å². The molecule has 2 aliphatic heterocycles. The lowest BCUT2D eigenvalue weighted by molar-refractivity contribution is -0.0639. The molecule has 0 aliphatic carbocycles. The van der Waals surface area contributed by atoms with Gasteiger partial charge < -0.3 is 20.1 Å². The number of hydrogen-bond donors (Lipinski definition) is 1. The van der Waals surface area contributed by atoms with Crippen molar-refractivity contribution in [2.45, 2.75) is 31.7 Å². The number of nitrogens with zero attached hydrogens (tertiary/aromatic N) is 1. The van der Waals surface area contributed by atoms with Gasteiger partial charge in [-0.05, 0) is 25.9 Å². The molecule has 0 aromatic rings. The summed E-state index contributed by atoms with van der Waals surface area (Å²) in [5.74, 6) is 0. The molecule has 0 aromatic heterocycles. The van der Waals surface area contributed by atoms with E-state index in [1.165, 1.54) is 25.9 Å². The van der Waals surface area contributed by atoms with Gasteiger partial charge in [0.05, 0.1) is 12.7 Å². The van der Waals surface area contributed by atoms with Crippen molar-refractivity contribution in [3.63, 3.8) is 0 Å². The molecule has 2 unspecified atom stereocenters. The summed E-state index contributed by atoms with van der Waals surface area (Å²) in [5.41, 5.74) is 5.50. The molecule has 2 atom stereocenters. The maximum absolute atomic E-state index is 5.60. The third kappa shape index (κ3) is 2.67. The number of likely N-dealkylation sites (tertiary alicyclic amines) is 1. The van der Waals surface area contributed by atoms with E-state index < -0.39 is 0 Å². The van der Waals surface area contributed by atoms with Gasteiger partial charge in [-0.15, -0.1) is 0 Å². The Morgan fingerprint density at radius 2 is 2.07 bits per heavy atom. The smallest absolute Gasteiger partial charge is 0.159 e. The molecule has 0 radical (unpaired) electrons. The fourth-order valence-electron chi connectivity index (χ4n) is 2.08. The lowest BCUT2D eigenvalue weighted by Gasteiger charge is -2.17. The van der Waals surface area contributed by atoms with E-state index in [9.17, 15) is 0 Å². The third-order valence-corrected chi connectivity index (χ3v) is 2.95. The van der Waals surface area contributed by atoms with Gasteiger partial charge in [0.25, 0.3) is 0 Å². The molecule has 0 bridgehead atoms. The predicted octanol–water partition coefficient (Wildman–Crippen LogP) is 0.172. The van der Waals surface area contributed by atoms with Crippen molar-refractivity contribution < 1.29 is 9.47 Å². The lowest BCUT2D eigenvalue weighted by atomic mass is 10.4. The molecule has 2 fully saturated rings. The summed E-state index contributed by atoms with van der Waals surface area (Å²) in [5, 5.41) is 0. The fourth-order valence-corrected chi connectivity index (χ4v) is 2.08. The van der Waals surface area contributed by atoms with Gasteiger partial charge in [0, 0.05) is 19.5 Å². The molecule has 0 aromatic carbocycles. The third-order valence-electron chi connectivity index (χ3n) is 2.95. The molecular formula is C10H20N2O2. The van der Waals surface area contributed by atoms with Crippen LogP contribution in [0.15, 0.2) is 0 Å². The minimum absolute atomic E-state index is 0.0100. The lowest BCUT2D eigenvalue weighted by Crippen LogP contribution is -2.26. The number of nitrogens with two attached hydrogens (primary N) is 1. The van der Waals surface area contributed by atoms with Gasteiger partial charge in [0.15, 0.2) is 6.29 Å². The van der Waals surface area contributed by atoms with Crippen LogP contribution < -0.4 is 5.73 Å². The van der Waals surface area contributed by atoms with Crippen LogP contribution in [-0.4, -0.2) is 50.1 Å². The zero-order valence-corrected chi connectivity index (χ0v) is 8.65. The number of rotatable bonds is 4. The van der Waals surface area contributed by atoms with Crippen molar-refractivity contribution in [3.05, 3.63) is 0 Å². The van der Waals surface area contributed by atoms with Crippen molar-refractivity contribution in [2.75, 3.05) is 32.8 Å². The second-order valence-corrected chi connectivity index (χ2v) is 4.09. The van der Waals surface area contributed by atoms with Gasteiger partial charge in [0.2, 0.25) is 0 Å². The molecule has 82 valence electrons. The van der Waals surface area contributed by atoms with E-state index in [0.717, 1.165) is 13.0 Å². The maximum atomic E-state index is 5.60. The molecule has 2 aliphatic rings. The van der Waals surface area contributed by atoms with E-state index in [1.54, 1.807) is 0 Å². The molecule has 0 amide bonds. The van der Waals surface area contributed by atoms with Crippen LogP contribution in [0.3, 0.4) is 0 Å². The van der Waals surface area contributed by atoms with E-state index >= 15 is 0 Å². The topological polar surface area (TPSA) is 47.7 Å². The van der Waals surface area contributed by atoms with Crippen molar-refractivity contribution in [1.29, 1.82) is 0 Å². The molecule has 4 heteroatoms. The highest BCUT2D eigenvalue weighted by atomic mass is 16.7. The van der Waals surface area contributed by atoms with E-state index in [2.05, 4.69) is 4.90 Å². The SMILES string of the molecule is NCC1COC(CCN2CCCC2)O1. The monoisotopic (exact) mass is 200 g/mol. The van der Waals surface area contributed by atoms with Gasteiger partial charge in [-0.1, -0.05) is 0 Å². The average Bonchev–Trinajstić information content (AvgIpc) is 2.86. The highest BCUT2D eigenvalue weighted by Gasteiger charge is 2.25. The Morgan fingerprint density at radius 3 is 2.71 bits per heavy atom. The summed E-state index contributed by atoms with van der Waals surface area (Å²) in [6.45, 7) is 4.82. The summed E-state index contributed by atoms with van der Waals surface area (Å²) < 4.78 is 11.1. The standard InChI is InChI=1S/C10H20N2O2/c11-7-9-8-13-10(14-9)3-6-12-4-1-2-5-12/h9-10H,1-8,11H2. The van der Waals surface area contributed by atoms with E-state index in [-0.39, 0.29) is 12.4 Å². The number of hydrogen-bond acceptors (Lipinski definition) is 4. The zero-order chi connectivity index (χ0) is 9.80. The Morgan fingerprint density at radius 1 is 1.29 bits per heavy atom. The van der Waals surface area contributed by atoms with Crippen LogP contribution in [0.5, 0.6) is 0 Å². The molecule has 4 nitrogen and oxygen atoms in total. The van der Waals surface area contributed by atoms with Crippen molar-refractivity contribution in [2.24, 2.45) is 5.73 Å². The predicted molar refractivity (Wildman–Crippen MR) is 54.0 cm³/mol. The quantitative estimate of drug-likeness (QED) is 0.703. The summed E-state index contributed by atoms with van der Waals surface area (Å²) in [4.78, 5) is 2.47. The van der Waals surface area contributed by atoms with Gasteiger partial charge in [-0.2, -0.15) is 0 Å². The molecule has 14 heavy (non-hydrogen) atoms. The first kappa shape index (κ1) is 10.4. The Balaban J connectivity index is 1.61. The Hall–Kier alpha value is -0.160. The normalized spacial score (nSPS) is 34.1. The summed E-state index contributed by atoms with van der Waals surface area (Å²) in [6, 6.07) is 0. The van der Waals surface area contributed by atoms with Crippen LogP contribution >= 0.6 is 0 Å². The Bertz CT molecular complexity index is 172. The Kier molecular flexibility index (Phi) is 3.75. The minimum atomic E-state index is -0.0100. The van der Waals surface area contributed by atoms with Crippen LogP contribution in [0.1, 0.15) is 19.3 Å². The molecular weight excluding hydrogens is 180 g/mol. The first-order chi connectivity index (χ1) is 6.88. The highest BCUT2D eigenvalue weighted by Crippen LogP contribution is 2.15. The molecule has 0 saturated carbocycles. The number of ether oxygens (including phenoxy) is 2. The van der Waals surface area contributed by atoms with E-state index in [0.29, 0.717) is 13.2 Å². The highest BCUT2D eigenvalue weighted by molar-refractivity contribution is 4.70. The molecule has 2 rings (SSSR count). The first-order valence-electron chi connectivity index (χ1n) is 5.58. The molecule has 2 saturated heterocycles. The van der Waals surface area contributed by atoms with Crippen molar-refractivity contribution >= 4 is 0 Å². The van der Waals surface area contributed by atoms with E-state index in [4.69, 9.17) is 15.2 Å².